The molecule has 5 heteroatoms. The predicted molar refractivity (Wildman–Crippen MR) is 58.1 cm³/mol. The summed E-state index contributed by atoms with van der Waals surface area (Å²) in [6.07, 6.45) is 3.49. The van der Waals surface area contributed by atoms with Crippen LogP contribution in [0.4, 0.5) is 11.5 Å². The first-order valence-electron chi connectivity index (χ1n) is 4.19. The lowest BCUT2D eigenvalue weighted by atomic mass is 10.4. The summed E-state index contributed by atoms with van der Waals surface area (Å²) in [6, 6.07) is 3.63. The molecule has 4 nitrogen and oxygen atoms in total. The summed E-state index contributed by atoms with van der Waals surface area (Å²) in [7, 11) is 0. The molecular weight excluding hydrogens is 196 g/mol. The Morgan fingerprint density at radius 1 is 1.36 bits per heavy atom. The molecule has 3 N–H and O–H groups in total. The van der Waals surface area contributed by atoms with Crippen molar-refractivity contribution in [2.75, 3.05) is 11.1 Å². The lowest BCUT2D eigenvalue weighted by Gasteiger charge is -2.05. The number of hydrogen-bond donors (Lipinski definition) is 2. The SMILES string of the molecule is Nc1cccnc1NCc1nccs1. The van der Waals surface area contributed by atoms with Crippen molar-refractivity contribution in [2.45, 2.75) is 6.54 Å². The third-order valence-corrected chi connectivity index (χ3v) is 2.51. The van der Waals surface area contributed by atoms with Gasteiger partial charge >= 0.3 is 0 Å². The van der Waals surface area contributed by atoms with Gasteiger partial charge in [-0.1, -0.05) is 0 Å². The lowest BCUT2D eigenvalue weighted by molar-refractivity contribution is 1.08. The maximum atomic E-state index is 5.72. The van der Waals surface area contributed by atoms with Crippen LogP contribution in [-0.2, 0) is 6.54 Å². The number of anilines is 2. The minimum atomic E-state index is 0.657. The van der Waals surface area contributed by atoms with Gasteiger partial charge in [0.05, 0.1) is 12.2 Å². The Labute approximate surface area is 85.8 Å². The number of hydrogen-bond acceptors (Lipinski definition) is 5. The molecule has 0 aliphatic carbocycles. The molecule has 0 aliphatic rings. The number of nitrogens with one attached hydrogen (secondary N) is 1. The Morgan fingerprint density at radius 2 is 2.29 bits per heavy atom. The zero-order chi connectivity index (χ0) is 9.80. The Morgan fingerprint density at radius 3 is 3.00 bits per heavy atom. The van der Waals surface area contributed by atoms with Gasteiger partial charge in [0.25, 0.3) is 0 Å². The molecule has 0 saturated heterocycles. The average Bonchev–Trinajstić information content (AvgIpc) is 2.69. The van der Waals surface area contributed by atoms with Gasteiger partial charge in [0.1, 0.15) is 10.8 Å². The second kappa shape index (κ2) is 4.06. The third kappa shape index (κ3) is 2.00. The minimum Gasteiger partial charge on any atom is -0.396 e. The van der Waals surface area contributed by atoms with Crippen LogP contribution in [0.3, 0.4) is 0 Å². The Bertz CT molecular complexity index is 399. The molecule has 0 atom stereocenters. The van der Waals surface area contributed by atoms with Gasteiger partial charge < -0.3 is 11.1 Å². The second-order valence-corrected chi connectivity index (χ2v) is 3.70. The van der Waals surface area contributed by atoms with Crippen LogP contribution in [-0.4, -0.2) is 9.97 Å². The van der Waals surface area contributed by atoms with Gasteiger partial charge in [-0.25, -0.2) is 9.97 Å². The van der Waals surface area contributed by atoms with Crippen molar-refractivity contribution in [1.29, 1.82) is 0 Å². The third-order valence-electron chi connectivity index (χ3n) is 1.73. The number of nitrogens with zero attached hydrogens (tertiary/aromatic N) is 2. The van der Waals surface area contributed by atoms with E-state index < -0.39 is 0 Å². The molecule has 72 valence electrons. The minimum absolute atomic E-state index is 0.657. The molecule has 0 unspecified atom stereocenters. The fourth-order valence-electron chi connectivity index (χ4n) is 1.07. The van der Waals surface area contributed by atoms with E-state index in [1.54, 1.807) is 23.7 Å². The number of rotatable bonds is 3. The van der Waals surface area contributed by atoms with Crippen LogP contribution in [0.25, 0.3) is 0 Å². The highest BCUT2D eigenvalue weighted by atomic mass is 32.1. The van der Waals surface area contributed by atoms with Gasteiger partial charge in [0.15, 0.2) is 0 Å². The largest absolute Gasteiger partial charge is 0.396 e. The highest BCUT2D eigenvalue weighted by molar-refractivity contribution is 7.09. The van der Waals surface area contributed by atoms with E-state index in [-0.39, 0.29) is 0 Å². The summed E-state index contributed by atoms with van der Waals surface area (Å²) < 4.78 is 0. The van der Waals surface area contributed by atoms with Gasteiger partial charge in [0, 0.05) is 17.8 Å². The number of aromatic nitrogens is 2. The van der Waals surface area contributed by atoms with Crippen LogP contribution in [0, 0.1) is 0 Å². The summed E-state index contributed by atoms with van der Waals surface area (Å²) in [5.41, 5.74) is 6.37. The predicted octanol–water partition coefficient (Wildman–Crippen LogP) is 1.73. The van der Waals surface area contributed by atoms with E-state index in [4.69, 9.17) is 5.73 Å². The smallest absolute Gasteiger partial charge is 0.149 e. The highest BCUT2D eigenvalue weighted by Crippen LogP contribution is 2.14. The molecule has 0 aliphatic heterocycles. The molecule has 2 aromatic rings. The number of nitrogen functional groups attached to an aromatic ring is 1. The molecule has 0 saturated carbocycles. The maximum Gasteiger partial charge on any atom is 0.149 e. The molecule has 14 heavy (non-hydrogen) atoms. The number of nitrogens with two attached hydrogens (primary N) is 1. The van der Waals surface area contributed by atoms with Crippen LogP contribution in [0.1, 0.15) is 5.01 Å². The van der Waals surface area contributed by atoms with Crippen molar-refractivity contribution in [1.82, 2.24) is 9.97 Å². The molecule has 0 radical (unpaired) electrons. The fourth-order valence-corrected chi connectivity index (χ4v) is 1.62. The zero-order valence-electron chi connectivity index (χ0n) is 7.47. The van der Waals surface area contributed by atoms with Gasteiger partial charge in [0.2, 0.25) is 0 Å². The Kier molecular flexibility index (Phi) is 2.60. The molecular formula is C9H10N4S. The first-order chi connectivity index (χ1) is 6.86. The van der Waals surface area contributed by atoms with Crippen LogP contribution < -0.4 is 11.1 Å². The summed E-state index contributed by atoms with van der Waals surface area (Å²) in [5.74, 6) is 0.711. The van der Waals surface area contributed by atoms with E-state index >= 15 is 0 Å². The fraction of sp³-hybridized carbons (Fsp3) is 0.111. The van der Waals surface area contributed by atoms with Gasteiger partial charge in [-0.05, 0) is 12.1 Å². The summed E-state index contributed by atoms with van der Waals surface area (Å²) in [6.45, 7) is 0.666. The van der Waals surface area contributed by atoms with Crippen LogP contribution in [0.15, 0.2) is 29.9 Å². The maximum absolute atomic E-state index is 5.72. The van der Waals surface area contributed by atoms with E-state index in [1.807, 2.05) is 17.5 Å². The van der Waals surface area contributed by atoms with Gasteiger partial charge in [-0.2, -0.15) is 0 Å². The molecule has 0 amide bonds. The second-order valence-electron chi connectivity index (χ2n) is 2.72. The Hall–Kier alpha value is -1.62. The van der Waals surface area contributed by atoms with Crippen molar-refractivity contribution in [3.05, 3.63) is 34.9 Å². The normalized spacial score (nSPS) is 10.0. The lowest BCUT2D eigenvalue weighted by Crippen LogP contribution is -2.03. The van der Waals surface area contributed by atoms with Crippen molar-refractivity contribution in [2.24, 2.45) is 0 Å². The van der Waals surface area contributed by atoms with Gasteiger partial charge in [-0.3, -0.25) is 0 Å². The topological polar surface area (TPSA) is 63.8 Å². The van der Waals surface area contributed by atoms with Gasteiger partial charge in [-0.15, -0.1) is 11.3 Å². The highest BCUT2D eigenvalue weighted by Gasteiger charge is 1.99. The Balaban J connectivity index is 2.02. The van der Waals surface area contributed by atoms with Crippen molar-refractivity contribution in [3.63, 3.8) is 0 Å². The molecule has 0 aromatic carbocycles. The molecule has 2 rings (SSSR count). The number of thiazole rings is 1. The quantitative estimate of drug-likeness (QED) is 0.802. The van der Waals surface area contributed by atoms with E-state index in [9.17, 15) is 0 Å². The summed E-state index contributed by atoms with van der Waals surface area (Å²) >= 11 is 1.61. The van der Waals surface area contributed by atoms with Crippen LogP contribution in [0.5, 0.6) is 0 Å². The monoisotopic (exact) mass is 206 g/mol. The van der Waals surface area contributed by atoms with E-state index in [0.29, 0.717) is 18.1 Å². The van der Waals surface area contributed by atoms with E-state index in [2.05, 4.69) is 15.3 Å². The van der Waals surface area contributed by atoms with E-state index in [0.717, 1.165) is 5.01 Å². The van der Waals surface area contributed by atoms with Crippen molar-refractivity contribution in [3.8, 4) is 0 Å². The first kappa shape index (κ1) is 8.96. The number of pyridine rings is 1. The van der Waals surface area contributed by atoms with Crippen LogP contribution >= 0.6 is 11.3 Å². The summed E-state index contributed by atoms with van der Waals surface area (Å²) in [4.78, 5) is 8.27. The standard InChI is InChI=1S/C9H10N4S/c10-7-2-1-3-12-9(7)13-6-8-11-4-5-14-8/h1-5H,6,10H2,(H,12,13). The molecule has 0 bridgehead atoms. The first-order valence-corrected chi connectivity index (χ1v) is 5.07. The zero-order valence-corrected chi connectivity index (χ0v) is 8.29. The van der Waals surface area contributed by atoms with Crippen molar-refractivity contribution < 1.29 is 0 Å². The average molecular weight is 206 g/mol. The van der Waals surface area contributed by atoms with Crippen LogP contribution in [0.2, 0.25) is 0 Å². The molecule has 2 heterocycles. The molecule has 0 spiro atoms. The summed E-state index contributed by atoms with van der Waals surface area (Å²) in [5, 5.41) is 6.09. The van der Waals surface area contributed by atoms with E-state index in [1.165, 1.54) is 0 Å². The van der Waals surface area contributed by atoms with Crippen molar-refractivity contribution >= 4 is 22.8 Å². The molecule has 2 aromatic heterocycles. The molecule has 0 fully saturated rings.